The number of nitrogens with one attached hydrogen (secondary N) is 2. The number of ether oxygens (including phenoxy) is 1. The molecule has 1 aliphatic heterocycles. The molecule has 2 aromatic rings. The van der Waals surface area contributed by atoms with E-state index in [1.807, 2.05) is 4.90 Å². The van der Waals surface area contributed by atoms with Crippen molar-refractivity contribution in [2.75, 3.05) is 41.8 Å². The van der Waals surface area contributed by atoms with Gasteiger partial charge in [-0.25, -0.2) is 23.5 Å². The SMILES string of the molecule is O=C(Nc1cc(N2CCOCC2)ncn1)Nc1cc(F)ccc1F. The van der Waals surface area contributed by atoms with Gasteiger partial charge in [-0.15, -0.1) is 0 Å². The lowest BCUT2D eigenvalue weighted by atomic mass is 10.3. The van der Waals surface area contributed by atoms with Gasteiger partial charge in [-0.1, -0.05) is 0 Å². The Labute approximate surface area is 136 Å². The quantitative estimate of drug-likeness (QED) is 0.899. The molecular formula is C15H15F2N5O2. The zero-order chi connectivity index (χ0) is 16.9. The second kappa shape index (κ2) is 7.18. The Hall–Kier alpha value is -2.81. The van der Waals surface area contributed by atoms with Crippen LogP contribution in [0, 0.1) is 11.6 Å². The fraction of sp³-hybridized carbons (Fsp3) is 0.267. The smallest absolute Gasteiger partial charge is 0.324 e. The summed E-state index contributed by atoms with van der Waals surface area (Å²) in [4.78, 5) is 22.0. The minimum Gasteiger partial charge on any atom is -0.378 e. The average molecular weight is 335 g/mol. The molecule has 0 saturated carbocycles. The van der Waals surface area contributed by atoms with Crippen LogP contribution in [0.1, 0.15) is 0 Å². The molecule has 0 aliphatic carbocycles. The molecule has 2 amide bonds. The lowest BCUT2D eigenvalue weighted by Gasteiger charge is -2.27. The summed E-state index contributed by atoms with van der Waals surface area (Å²) in [5.74, 6) is -0.479. The van der Waals surface area contributed by atoms with E-state index < -0.39 is 17.7 Å². The van der Waals surface area contributed by atoms with E-state index >= 15 is 0 Å². The van der Waals surface area contributed by atoms with Gasteiger partial charge < -0.3 is 15.0 Å². The molecule has 0 unspecified atom stereocenters. The van der Waals surface area contributed by atoms with Crippen molar-refractivity contribution in [3.8, 4) is 0 Å². The highest BCUT2D eigenvalue weighted by Gasteiger charge is 2.14. The van der Waals surface area contributed by atoms with Crippen LogP contribution in [0.3, 0.4) is 0 Å². The maximum absolute atomic E-state index is 13.5. The third-order valence-corrected chi connectivity index (χ3v) is 3.41. The minimum absolute atomic E-state index is 0.251. The summed E-state index contributed by atoms with van der Waals surface area (Å²) in [5, 5.41) is 4.71. The Morgan fingerprint density at radius 2 is 1.92 bits per heavy atom. The topological polar surface area (TPSA) is 79.4 Å². The van der Waals surface area contributed by atoms with Crippen LogP contribution in [-0.4, -0.2) is 42.3 Å². The molecule has 7 nitrogen and oxygen atoms in total. The van der Waals surface area contributed by atoms with Crippen molar-refractivity contribution in [3.05, 3.63) is 42.2 Å². The van der Waals surface area contributed by atoms with Crippen molar-refractivity contribution in [1.29, 1.82) is 0 Å². The zero-order valence-corrected chi connectivity index (χ0v) is 12.6. The van der Waals surface area contributed by atoms with Crippen LogP contribution < -0.4 is 15.5 Å². The van der Waals surface area contributed by atoms with E-state index in [9.17, 15) is 13.6 Å². The van der Waals surface area contributed by atoms with Gasteiger partial charge in [0.1, 0.15) is 29.6 Å². The highest BCUT2D eigenvalue weighted by molar-refractivity contribution is 5.99. The number of carbonyl (C=O) groups excluding carboxylic acids is 1. The minimum atomic E-state index is -0.733. The Morgan fingerprint density at radius 1 is 1.12 bits per heavy atom. The number of rotatable bonds is 3. The molecule has 0 atom stereocenters. The number of hydrogen-bond donors (Lipinski definition) is 2. The number of amides is 2. The van der Waals surface area contributed by atoms with Crippen molar-refractivity contribution < 1.29 is 18.3 Å². The van der Waals surface area contributed by atoms with E-state index in [4.69, 9.17) is 4.74 Å². The molecule has 2 heterocycles. The molecule has 126 valence electrons. The number of carbonyl (C=O) groups is 1. The predicted octanol–water partition coefficient (Wildman–Crippen LogP) is 2.24. The summed E-state index contributed by atoms with van der Waals surface area (Å²) < 4.78 is 31.9. The number of benzene rings is 1. The fourth-order valence-electron chi connectivity index (χ4n) is 2.24. The Bertz CT molecular complexity index is 738. The molecule has 1 aliphatic rings. The highest BCUT2D eigenvalue weighted by Crippen LogP contribution is 2.17. The lowest BCUT2D eigenvalue weighted by Crippen LogP contribution is -2.36. The third-order valence-electron chi connectivity index (χ3n) is 3.41. The Morgan fingerprint density at radius 3 is 2.71 bits per heavy atom. The molecule has 0 bridgehead atoms. The van der Waals surface area contributed by atoms with Gasteiger partial charge in [-0.3, -0.25) is 5.32 Å². The standard InChI is InChI=1S/C15H15F2N5O2/c16-10-1-2-11(17)12(7-10)20-15(23)21-13-8-14(19-9-18-13)22-3-5-24-6-4-22/h1-2,7-9H,3-6H2,(H2,18,19,20,21,23). The molecule has 1 aromatic heterocycles. The van der Waals surface area contributed by atoms with E-state index in [0.717, 1.165) is 18.2 Å². The fourth-order valence-corrected chi connectivity index (χ4v) is 2.24. The maximum Gasteiger partial charge on any atom is 0.324 e. The van der Waals surface area contributed by atoms with E-state index in [0.29, 0.717) is 32.1 Å². The summed E-state index contributed by atoms with van der Waals surface area (Å²) in [7, 11) is 0. The molecule has 24 heavy (non-hydrogen) atoms. The first-order valence-corrected chi connectivity index (χ1v) is 7.29. The predicted molar refractivity (Wildman–Crippen MR) is 84.1 cm³/mol. The van der Waals surface area contributed by atoms with Crippen LogP contribution in [0.4, 0.5) is 30.9 Å². The van der Waals surface area contributed by atoms with Crippen LogP contribution in [-0.2, 0) is 4.74 Å². The number of anilines is 3. The summed E-state index contributed by atoms with van der Waals surface area (Å²) in [6.45, 7) is 2.59. The van der Waals surface area contributed by atoms with E-state index in [2.05, 4.69) is 20.6 Å². The van der Waals surface area contributed by atoms with Crippen LogP contribution in [0.15, 0.2) is 30.6 Å². The summed E-state index contributed by atoms with van der Waals surface area (Å²) in [6, 6.07) is 3.68. The monoisotopic (exact) mass is 335 g/mol. The zero-order valence-electron chi connectivity index (χ0n) is 12.6. The van der Waals surface area contributed by atoms with Gasteiger partial charge in [-0.2, -0.15) is 0 Å². The number of halogens is 2. The Balaban J connectivity index is 1.67. The summed E-state index contributed by atoms with van der Waals surface area (Å²) >= 11 is 0. The largest absolute Gasteiger partial charge is 0.378 e. The number of aromatic nitrogens is 2. The van der Waals surface area contributed by atoms with Gasteiger partial charge in [0.25, 0.3) is 0 Å². The Kier molecular flexibility index (Phi) is 4.80. The van der Waals surface area contributed by atoms with Crippen molar-refractivity contribution in [2.45, 2.75) is 0 Å². The van der Waals surface area contributed by atoms with Crippen molar-refractivity contribution in [1.82, 2.24) is 9.97 Å². The summed E-state index contributed by atoms with van der Waals surface area (Å²) in [5.41, 5.74) is -0.255. The second-order valence-corrected chi connectivity index (χ2v) is 5.06. The molecule has 0 radical (unpaired) electrons. The maximum atomic E-state index is 13.5. The molecule has 1 fully saturated rings. The number of nitrogens with zero attached hydrogens (tertiary/aromatic N) is 3. The number of urea groups is 1. The first-order chi connectivity index (χ1) is 11.6. The van der Waals surface area contributed by atoms with Crippen LogP contribution in [0.5, 0.6) is 0 Å². The molecule has 1 saturated heterocycles. The lowest BCUT2D eigenvalue weighted by molar-refractivity contribution is 0.122. The van der Waals surface area contributed by atoms with Gasteiger partial charge in [0.15, 0.2) is 0 Å². The molecular weight excluding hydrogens is 320 g/mol. The van der Waals surface area contributed by atoms with E-state index in [1.54, 1.807) is 6.07 Å². The van der Waals surface area contributed by atoms with E-state index in [1.165, 1.54) is 6.33 Å². The molecule has 9 heteroatoms. The highest BCUT2D eigenvalue weighted by atomic mass is 19.1. The van der Waals surface area contributed by atoms with Crippen LogP contribution >= 0.6 is 0 Å². The van der Waals surface area contributed by atoms with Gasteiger partial charge in [0.2, 0.25) is 0 Å². The molecule has 3 rings (SSSR count). The van der Waals surface area contributed by atoms with E-state index in [-0.39, 0.29) is 11.5 Å². The second-order valence-electron chi connectivity index (χ2n) is 5.06. The molecule has 0 spiro atoms. The first kappa shape index (κ1) is 16.1. The van der Waals surface area contributed by atoms with Gasteiger partial charge >= 0.3 is 6.03 Å². The first-order valence-electron chi connectivity index (χ1n) is 7.29. The number of hydrogen-bond acceptors (Lipinski definition) is 5. The van der Waals surface area contributed by atoms with Crippen molar-refractivity contribution in [2.24, 2.45) is 0 Å². The normalized spacial score (nSPS) is 14.3. The van der Waals surface area contributed by atoms with Crippen LogP contribution in [0.2, 0.25) is 0 Å². The van der Waals surface area contributed by atoms with Crippen molar-refractivity contribution in [3.63, 3.8) is 0 Å². The molecule has 2 N–H and O–H groups in total. The van der Waals surface area contributed by atoms with Gasteiger partial charge in [0, 0.05) is 25.2 Å². The van der Waals surface area contributed by atoms with Gasteiger partial charge in [0.05, 0.1) is 18.9 Å². The van der Waals surface area contributed by atoms with Gasteiger partial charge in [-0.05, 0) is 12.1 Å². The van der Waals surface area contributed by atoms with Crippen LogP contribution in [0.25, 0.3) is 0 Å². The third kappa shape index (κ3) is 3.93. The average Bonchev–Trinajstić information content (AvgIpc) is 2.59. The van der Waals surface area contributed by atoms with Crippen molar-refractivity contribution >= 4 is 23.4 Å². The summed E-state index contributed by atoms with van der Waals surface area (Å²) in [6.07, 6.45) is 1.32. The molecule has 1 aromatic carbocycles. The number of morpholine rings is 1.